The fraction of sp³-hybridized carbons (Fsp3) is 0. The van der Waals surface area contributed by atoms with Gasteiger partial charge in [0.1, 0.15) is 11.5 Å². The molecule has 9 aromatic rings. The molecule has 220 valence electrons. The van der Waals surface area contributed by atoms with Crippen LogP contribution in [-0.2, 0) is 0 Å². The van der Waals surface area contributed by atoms with E-state index in [-0.39, 0.29) is 0 Å². The molecule has 0 radical (unpaired) electrons. The first-order valence-electron chi connectivity index (χ1n) is 16.1. The van der Waals surface area contributed by atoms with Gasteiger partial charge in [0, 0.05) is 0 Å². The standard InChI is InChI=1S/C46H30O/c1-2-10-31(11-3-1)33-13-8-15-39(28-33)47-40-16-9-14-34(29-40)35-20-21-37-27-38(23-22-36(37)26-35)45-30-46-41-17-5-4-12-32(41)24-25-44(46)42-18-6-7-19-43(42)45/h1-30H. The summed E-state index contributed by atoms with van der Waals surface area (Å²) in [6.07, 6.45) is 0. The Labute approximate surface area is 273 Å². The zero-order valence-electron chi connectivity index (χ0n) is 25.7. The zero-order chi connectivity index (χ0) is 31.2. The summed E-state index contributed by atoms with van der Waals surface area (Å²) in [7, 11) is 0. The Hall–Kier alpha value is -6.18. The second kappa shape index (κ2) is 11.3. The van der Waals surface area contributed by atoms with E-state index in [1.54, 1.807) is 0 Å². The van der Waals surface area contributed by atoms with Crippen molar-refractivity contribution in [3.63, 3.8) is 0 Å². The van der Waals surface area contributed by atoms with E-state index in [0.29, 0.717) is 0 Å². The van der Waals surface area contributed by atoms with Crippen molar-refractivity contribution in [1.82, 2.24) is 0 Å². The minimum absolute atomic E-state index is 0.818. The monoisotopic (exact) mass is 598 g/mol. The molecule has 9 aromatic carbocycles. The Morgan fingerprint density at radius 1 is 0.255 bits per heavy atom. The molecule has 0 bridgehead atoms. The highest BCUT2D eigenvalue weighted by Gasteiger charge is 2.12. The summed E-state index contributed by atoms with van der Waals surface area (Å²) in [5, 5.41) is 10.1. The lowest BCUT2D eigenvalue weighted by atomic mass is 9.90. The molecule has 47 heavy (non-hydrogen) atoms. The maximum atomic E-state index is 6.35. The molecule has 0 unspecified atom stereocenters. The molecule has 0 spiro atoms. The number of hydrogen-bond donors (Lipinski definition) is 0. The Balaban J connectivity index is 1.07. The van der Waals surface area contributed by atoms with Crippen LogP contribution in [0.2, 0.25) is 0 Å². The van der Waals surface area contributed by atoms with Gasteiger partial charge < -0.3 is 4.74 Å². The highest BCUT2D eigenvalue weighted by Crippen LogP contribution is 2.39. The maximum absolute atomic E-state index is 6.35. The largest absolute Gasteiger partial charge is 0.457 e. The number of fused-ring (bicyclic) bond motifs is 6. The number of rotatable bonds is 5. The third-order valence-corrected chi connectivity index (χ3v) is 9.26. The lowest BCUT2D eigenvalue weighted by Crippen LogP contribution is -1.88. The van der Waals surface area contributed by atoms with E-state index in [2.05, 4.69) is 158 Å². The van der Waals surface area contributed by atoms with Crippen molar-refractivity contribution in [3.05, 3.63) is 182 Å². The third kappa shape index (κ3) is 4.99. The van der Waals surface area contributed by atoms with Crippen LogP contribution in [0.3, 0.4) is 0 Å². The van der Waals surface area contributed by atoms with Crippen LogP contribution in [0.15, 0.2) is 182 Å². The second-order valence-corrected chi connectivity index (χ2v) is 12.2. The van der Waals surface area contributed by atoms with Crippen molar-refractivity contribution < 1.29 is 4.74 Å². The molecule has 0 amide bonds. The molecular weight excluding hydrogens is 569 g/mol. The highest BCUT2D eigenvalue weighted by atomic mass is 16.5. The number of benzene rings is 9. The topological polar surface area (TPSA) is 9.23 Å². The van der Waals surface area contributed by atoms with Crippen LogP contribution in [0.5, 0.6) is 11.5 Å². The summed E-state index contributed by atoms with van der Waals surface area (Å²) in [5.41, 5.74) is 7.09. The van der Waals surface area contributed by atoms with Gasteiger partial charge in [0.15, 0.2) is 0 Å². The molecule has 0 saturated heterocycles. The van der Waals surface area contributed by atoms with E-state index >= 15 is 0 Å². The Morgan fingerprint density at radius 2 is 0.787 bits per heavy atom. The predicted octanol–water partition coefficient (Wildman–Crippen LogP) is 13.1. The van der Waals surface area contributed by atoms with Crippen molar-refractivity contribution >= 4 is 43.1 Å². The second-order valence-electron chi connectivity index (χ2n) is 12.2. The number of ether oxygens (including phenoxy) is 1. The fourth-order valence-electron chi connectivity index (χ4n) is 6.94. The molecule has 0 aliphatic heterocycles. The van der Waals surface area contributed by atoms with E-state index < -0.39 is 0 Å². The normalized spacial score (nSPS) is 11.4. The third-order valence-electron chi connectivity index (χ3n) is 9.26. The Kier molecular flexibility index (Phi) is 6.54. The van der Waals surface area contributed by atoms with Crippen LogP contribution in [0, 0.1) is 0 Å². The summed E-state index contributed by atoms with van der Waals surface area (Å²) in [4.78, 5) is 0. The molecule has 0 atom stereocenters. The van der Waals surface area contributed by atoms with E-state index in [9.17, 15) is 0 Å². The molecule has 1 heteroatoms. The van der Waals surface area contributed by atoms with Crippen LogP contribution < -0.4 is 4.74 Å². The average molecular weight is 599 g/mol. The molecule has 0 aromatic heterocycles. The Bertz CT molecular complexity index is 2600. The summed E-state index contributed by atoms with van der Waals surface area (Å²) >= 11 is 0. The van der Waals surface area contributed by atoms with Crippen molar-refractivity contribution in [3.8, 4) is 44.9 Å². The van der Waals surface area contributed by atoms with Gasteiger partial charge in [0.2, 0.25) is 0 Å². The van der Waals surface area contributed by atoms with Gasteiger partial charge in [0.05, 0.1) is 0 Å². The number of hydrogen-bond acceptors (Lipinski definition) is 1. The molecule has 0 aliphatic rings. The smallest absolute Gasteiger partial charge is 0.128 e. The van der Waals surface area contributed by atoms with Crippen LogP contribution in [0.4, 0.5) is 0 Å². The summed E-state index contributed by atoms with van der Waals surface area (Å²) in [5.74, 6) is 1.64. The van der Waals surface area contributed by atoms with Gasteiger partial charge in [0.25, 0.3) is 0 Å². The highest BCUT2D eigenvalue weighted by molar-refractivity contribution is 6.21. The van der Waals surface area contributed by atoms with Crippen LogP contribution in [-0.4, -0.2) is 0 Å². The first-order chi connectivity index (χ1) is 23.3. The predicted molar refractivity (Wildman–Crippen MR) is 199 cm³/mol. The van der Waals surface area contributed by atoms with Gasteiger partial charge in [-0.25, -0.2) is 0 Å². The van der Waals surface area contributed by atoms with Crippen LogP contribution >= 0.6 is 0 Å². The first-order valence-corrected chi connectivity index (χ1v) is 16.1. The van der Waals surface area contributed by atoms with Gasteiger partial charge in [-0.05, 0) is 119 Å². The minimum Gasteiger partial charge on any atom is -0.457 e. The molecule has 0 saturated carbocycles. The Morgan fingerprint density at radius 3 is 1.55 bits per heavy atom. The molecule has 1 nitrogen and oxygen atoms in total. The maximum Gasteiger partial charge on any atom is 0.128 e. The van der Waals surface area contributed by atoms with Crippen LogP contribution in [0.25, 0.3) is 76.5 Å². The first kappa shape index (κ1) is 27.2. The molecule has 0 aliphatic carbocycles. The molecule has 0 fully saturated rings. The van der Waals surface area contributed by atoms with Gasteiger partial charge >= 0.3 is 0 Å². The lowest BCUT2D eigenvalue weighted by Gasteiger charge is -2.14. The van der Waals surface area contributed by atoms with E-state index in [0.717, 1.165) is 28.2 Å². The van der Waals surface area contributed by atoms with E-state index in [1.807, 2.05) is 24.3 Å². The van der Waals surface area contributed by atoms with E-state index in [4.69, 9.17) is 4.74 Å². The van der Waals surface area contributed by atoms with Crippen molar-refractivity contribution in [2.75, 3.05) is 0 Å². The van der Waals surface area contributed by atoms with Gasteiger partial charge in [-0.2, -0.15) is 0 Å². The zero-order valence-corrected chi connectivity index (χ0v) is 25.7. The molecule has 9 rings (SSSR count). The SMILES string of the molecule is c1ccc(-c2cccc(Oc3cccc(-c4ccc5cc(-c6cc7c8ccccc8ccc7c7ccccc67)ccc5c4)c3)c2)cc1. The average Bonchev–Trinajstić information content (AvgIpc) is 3.14. The van der Waals surface area contributed by atoms with Crippen molar-refractivity contribution in [2.45, 2.75) is 0 Å². The van der Waals surface area contributed by atoms with Crippen LogP contribution in [0.1, 0.15) is 0 Å². The van der Waals surface area contributed by atoms with Gasteiger partial charge in [-0.15, -0.1) is 0 Å². The quantitative estimate of drug-likeness (QED) is 0.179. The van der Waals surface area contributed by atoms with Gasteiger partial charge in [-0.1, -0.05) is 140 Å². The van der Waals surface area contributed by atoms with Gasteiger partial charge in [-0.3, -0.25) is 0 Å². The minimum atomic E-state index is 0.818. The van der Waals surface area contributed by atoms with Crippen molar-refractivity contribution in [2.24, 2.45) is 0 Å². The van der Waals surface area contributed by atoms with E-state index in [1.165, 1.54) is 59.8 Å². The van der Waals surface area contributed by atoms with Crippen molar-refractivity contribution in [1.29, 1.82) is 0 Å². The lowest BCUT2D eigenvalue weighted by molar-refractivity contribution is 0.483. The molecule has 0 heterocycles. The summed E-state index contributed by atoms with van der Waals surface area (Å²) in [6, 6.07) is 65.0. The fourth-order valence-corrected chi connectivity index (χ4v) is 6.94. The molecular formula is C46H30O. The summed E-state index contributed by atoms with van der Waals surface area (Å²) in [6.45, 7) is 0. The molecule has 0 N–H and O–H groups in total. The summed E-state index contributed by atoms with van der Waals surface area (Å²) < 4.78 is 6.35.